The lowest BCUT2D eigenvalue weighted by Crippen LogP contribution is -2.46. The number of nitrogens with zero attached hydrogens (tertiary/aromatic N) is 1. The lowest BCUT2D eigenvalue weighted by Gasteiger charge is -2.23. The number of furan rings is 1. The third-order valence-electron chi connectivity index (χ3n) is 6.48. The summed E-state index contributed by atoms with van der Waals surface area (Å²) in [6.07, 6.45) is -0.513. The molecule has 0 bridgehead atoms. The number of halogens is 2. The summed E-state index contributed by atoms with van der Waals surface area (Å²) in [6.45, 7) is -2.50. The lowest BCUT2D eigenvalue weighted by molar-refractivity contribution is -0.154. The van der Waals surface area contributed by atoms with E-state index in [0.717, 1.165) is 21.2 Å². The molecule has 2 amide bonds. The van der Waals surface area contributed by atoms with Crippen molar-refractivity contribution in [2.24, 2.45) is 0 Å². The zero-order chi connectivity index (χ0) is 26.0. The molecular weight excluding hydrogens is 482 g/mol. The first-order chi connectivity index (χ1) is 17.9. The van der Waals surface area contributed by atoms with Crippen molar-refractivity contribution in [2.75, 3.05) is 19.8 Å². The molecule has 7 nitrogen and oxygen atoms in total. The molecular formula is C28H24F2N2O5. The van der Waals surface area contributed by atoms with E-state index in [1.807, 2.05) is 30.3 Å². The topological polar surface area (TPSA) is 88.9 Å². The molecule has 1 aromatic heterocycles. The highest BCUT2D eigenvalue weighted by molar-refractivity contribution is 6.08. The van der Waals surface area contributed by atoms with Crippen LogP contribution in [0.5, 0.6) is 0 Å². The van der Waals surface area contributed by atoms with Gasteiger partial charge in [0.15, 0.2) is 5.67 Å². The number of ether oxygens (including phenoxy) is 1. The van der Waals surface area contributed by atoms with Crippen LogP contribution in [0.4, 0.5) is 8.78 Å². The number of fused-ring (bicyclic) bond motifs is 3. The van der Waals surface area contributed by atoms with E-state index in [1.165, 1.54) is 0 Å². The number of nitrogens with one attached hydrogen (secondary N) is 1. The maximum absolute atomic E-state index is 14.9. The number of hydrogen-bond donors (Lipinski definition) is 1. The third-order valence-corrected chi connectivity index (χ3v) is 6.48. The van der Waals surface area contributed by atoms with Crippen LogP contribution in [0.2, 0.25) is 0 Å². The molecule has 1 saturated heterocycles. The van der Waals surface area contributed by atoms with Gasteiger partial charge in [-0.2, -0.15) is 0 Å². The van der Waals surface area contributed by atoms with E-state index in [4.69, 9.17) is 9.15 Å². The van der Waals surface area contributed by atoms with Crippen molar-refractivity contribution in [3.63, 3.8) is 0 Å². The largest absolute Gasteiger partial charge is 0.459 e. The molecule has 2 atom stereocenters. The Labute approximate surface area is 211 Å². The van der Waals surface area contributed by atoms with E-state index < -0.39 is 55.7 Å². The first kappa shape index (κ1) is 24.4. The van der Waals surface area contributed by atoms with E-state index in [1.54, 1.807) is 42.5 Å². The molecule has 1 N–H and O–H groups in total. The van der Waals surface area contributed by atoms with Crippen LogP contribution in [-0.4, -0.2) is 54.2 Å². The summed E-state index contributed by atoms with van der Waals surface area (Å²) in [5.41, 5.74) is -0.0296. The minimum atomic E-state index is -2.36. The van der Waals surface area contributed by atoms with Crippen molar-refractivity contribution in [2.45, 2.75) is 24.7 Å². The van der Waals surface area contributed by atoms with Crippen molar-refractivity contribution in [1.82, 2.24) is 10.2 Å². The van der Waals surface area contributed by atoms with Crippen molar-refractivity contribution < 1.29 is 32.3 Å². The summed E-state index contributed by atoms with van der Waals surface area (Å²) in [4.78, 5) is 39.4. The average Bonchev–Trinajstić information content (AvgIpc) is 3.49. The molecule has 1 aliphatic heterocycles. The summed E-state index contributed by atoms with van der Waals surface area (Å²) in [6, 6.07) is 19.9. The van der Waals surface area contributed by atoms with Crippen LogP contribution in [0, 0.1) is 0 Å². The fraction of sp³-hybridized carbons (Fsp3) is 0.250. The monoisotopic (exact) mass is 506 g/mol. The Bertz CT molecular complexity index is 1470. The lowest BCUT2D eigenvalue weighted by atomic mass is 10.0. The number of hydrogen-bond acceptors (Lipinski definition) is 5. The van der Waals surface area contributed by atoms with E-state index in [9.17, 15) is 23.2 Å². The smallest absolute Gasteiger partial charge is 0.329 e. The number of rotatable bonds is 7. The van der Waals surface area contributed by atoms with Crippen molar-refractivity contribution >= 4 is 39.7 Å². The fourth-order valence-electron chi connectivity index (χ4n) is 4.56. The Kier molecular flexibility index (Phi) is 6.60. The Hall–Kier alpha value is -4.27. The summed E-state index contributed by atoms with van der Waals surface area (Å²) in [5.74, 6) is -2.06. The maximum Gasteiger partial charge on any atom is 0.329 e. The first-order valence-electron chi connectivity index (χ1n) is 11.8. The normalized spacial score (nSPS) is 19.3. The molecule has 9 heteroatoms. The molecule has 0 spiro atoms. The average molecular weight is 507 g/mol. The molecule has 4 aromatic rings. The Morgan fingerprint density at radius 1 is 1.00 bits per heavy atom. The Balaban J connectivity index is 1.26. The molecule has 1 aliphatic rings. The molecule has 37 heavy (non-hydrogen) atoms. The minimum Gasteiger partial charge on any atom is -0.459 e. The van der Waals surface area contributed by atoms with Gasteiger partial charge in [-0.15, -0.1) is 0 Å². The molecule has 0 unspecified atom stereocenters. The maximum atomic E-state index is 14.9. The summed E-state index contributed by atoms with van der Waals surface area (Å²) >= 11 is 0. The van der Waals surface area contributed by atoms with Crippen LogP contribution in [0.25, 0.3) is 21.9 Å². The number of alkyl halides is 2. The van der Waals surface area contributed by atoms with Crippen LogP contribution in [0.1, 0.15) is 22.3 Å². The van der Waals surface area contributed by atoms with Gasteiger partial charge in [0.2, 0.25) is 5.91 Å². The highest BCUT2D eigenvalue weighted by Crippen LogP contribution is 2.32. The van der Waals surface area contributed by atoms with Gasteiger partial charge in [-0.05, 0) is 29.8 Å². The number of esters is 1. The van der Waals surface area contributed by atoms with E-state index in [-0.39, 0.29) is 6.61 Å². The van der Waals surface area contributed by atoms with Crippen LogP contribution >= 0.6 is 0 Å². The fourth-order valence-corrected chi connectivity index (χ4v) is 4.56. The second kappa shape index (κ2) is 10.0. The van der Waals surface area contributed by atoms with Crippen LogP contribution in [-0.2, 0) is 20.9 Å². The van der Waals surface area contributed by atoms with Gasteiger partial charge in [0.25, 0.3) is 5.91 Å². The highest BCUT2D eigenvalue weighted by Gasteiger charge is 2.50. The summed E-state index contributed by atoms with van der Waals surface area (Å²) in [7, 11) is 0. The van der Waals surface area contributed by atoms with Crippen LogP contribution < -0.4 is 5.32 Å². The van der Waals surface area contributed by atoms with Gasteiger partial charge in [-0.1, -0.05) is 48.5 Å². The summed E-state index contributed by atoms with van der Waals surface area (Å²) in [5, 5.41) is 4.11. The van der Waals surface area contributed by atoms with Crippen molar-refractivity contribution in [3.05, 3.63) is 83.9 Å². The van der Waals surface area contributed by atoms with Crippen LogP contribution in [0.3, 0.4) is 0 Å². The number of amides is 2. The third kappa shape index (κ3) is 5.02. The molecule has 5 rings (SSSR count). The molecule has 0 saturated carbocycles. The second-order valence-electron chi connectivity index (χ2n) is 9.11. The van der Waals surface area contributed by atoms with E-state index in [0.29, 0.717) is 16.7 Å². The minimum absolute atomic E-state index is 0.0605. The number of carbonyl (C=O) groups is 3. The van der Waals surface area contributed by atoms with Crippen molar-refractivity contribution in [1.29, 1.82) is 0 Å². The number of benzene rings is 3. The van der Waals surface area contributed by atoms with Gasteiger partial charge in [0.05, 0.1) is 13.1 Å². The molecule has 2 heterocycles. The standard InChI is InChI=1S/C28H24F2N2O5/c29-16-28(30)13-22(27(35)36-15-18-6-2-1-3-7-18)32(17-28)25(33)14-31-26(34)19-10-11-24-21(12-19)20-8-4-5-9-23(20)37-24/h1-12,22H,13-17H2,(H,31,34)/t22-,28-/m0/s1. The molecule has 3 aromatic carbocycles. The predicted octanol–water partition coefficient (Wildman–Crippen LogP) is 4.34. The second-order valence-corrected chi connectivity index (χ2v) is 9.11. The predicted molar refractivity (Wildman–Crippen MR) is 132 cm³/mol. The van der Waals surface area contributed by atoms with E-state index in [2.05, 4.69) is 5.32 Å². The Morgan fingerprint density at radius 3 is 2.51 bits per heavy atom. The number of para-hydroxylation sites is 1. The molecule has 0 radical (unpaired) electrons. The highest BCUT2D eigenvalue weighted by atomic mass is 19.2. The molecule has 190 valence electrons. The van der Waals surface area contributed by atoms with Gasteiger partial charge in [0, 0.05) is 22.8 Å². The zero-order valence-electron chi connectivity index (χ0n) is 19.8. The van der Waals surface area contributed by atoms with Crippen LogP contribution in [0.15, 0.2) is 77.2 Å². The SMILES string of the molecule is O=C(NCC(=O)N1C[C@@](F)(CF)C[C@H]1C(=O)OCc1ccccc1)c1ccc2oc3ccccc3c2c1. The van der Waals surface area contributed by atoms with Crippen molar-refractivity contribution in [3.8, 4) is 0 Å². The van der Waals surface area contributed by atoms with E-state index >= 15 is 0 Å². The van der Waals surface area contributed by atoms with Gasteiger partial charge in [0.1, 0.15) is 30.5 Å². The quantitative estimate of drug-likeness (QED) is 0.377. The first-order valence-corrected chi connectivity index (χ1v) is 11.8. The molecule has 0 aliphatic carbocycles. The number of carbonyl (C=O) groups excluding carboxylic acids is 3. The van der Waals surface area contributed by atoms with Gasteiger partial charge >= 0.3 is 5.97 Å². The summed E-state index contributed by atoms with van der Waals surface area (Å²) < 4.78 is 39.3. The zero-order valence-corrected chi connectivity index (χ0v) is 19.8. The van der Waals surface area contributed by atoms with Gasteiger partial charge in [-0.25, -0.2) is 13.6 Å². The van der Waals surface area contributed by atoms with Gasteiger partial charge < -0.3 is 19.4 Å². The number of likely N-dealkylation sites (tertiary alicyclic amines) is 1. The Morgan fingerprint density at radius 2 is 1.73 bits per heavy atom. The molecule has 1 fully saturated rings. The van der Waals surface area contributed by atoms with Gasteiger partial charge in [-0.3, -0.25) is 9.59 Å².